The van der Waals surface area contributed by atoms with Crippen LogP contribution in [0.3, 0.4) is 0 Å². The number of methoxy groups -OCH3 is 1. The molecule has 0 amide bonds. The molecule has 0 aliphatic heterocycles. The van der Waals surface area contributed by atoms with E-state index in [-0.39, 0.29) is 12.2 Å². The molecule has 2 rings (SSSR count). The Hall–Kier alpha value is -2.56. The van der Waals surface area contributed by atoms with E-state index in [1.807, 2.05) is 32.0 Å². The highest BCUT2D eigenvalue weighted by atomic mass is 32.2. The molecular formula is C15H15F3N2O5S. The predicted octanol–water partition coefficient (Wildman–Crippen LogP) is 2.56. The van der Waals surface area contributed by atoms with Gasteiger partial charge in [0, 0.05) is 6.07 Å². The van der Waals surface area contributed by atoms with E-state index < -0.39 is 27.5 Å². The second-order valence-electron chi connectivity index (χ2n) is 5.37. The molecule has 0 aliphatic carbocycles. The van der Waals surface area contributed by atoms with Crippen molar-refractivity contribution in [2.24, 2.45) is 0 Å². The van der Waals surface area contributed by atoms with E-state index in [1.165, 1.54) is 0 Å². The fourth-order valence-electron chi connectivity index (χ4n) is 2.23. The van der Waals surface area contributed by atoms with Crippen LogP contribution in [0.25, 0.3) is 0 Å². The number of alkyl halides is 3. The Morgan fingerprint density at radius 3 is 2.31 bits per heavy atom. The van der Waals surface area contributed by atoms with Crippen molar-refractivity contribution >= 4 is 16.1 Å². The molecule has 0 saturated heterocycles. The van der Waals surface area contributed by atoms with Gasteiger partial charge in [0.2, 0.25) is 0 Å². The zero-order valence-electron chi connectivity index (χ0n) is 14.0. The minimum atomic E-state index is -5.90. The van der Waals surface area contributed by atoms with Gasteiger partial charge >= 0.3 is 21.6 Å². The summed E-state index contributed by atoms with van der Waals surface area (Å²) >= 11 is 0. The molecule has 1 heterocycles. The molecule has 0 unspecified atom stereocenters. The van der Waals surface area contributed by atoms with Gasteiger partial charge in [-0.15, -0.1) is 5.10 Å². The number of aromatic nitrogens is 2. The van der Waals surface area contributed by atoms with Gasteiger partial charge in [-0.3, -0.25) is 0 Å². The first-order valence-electron chi connectivity index (χ1n) is 7.18. The number of hydrogen-bond donors (Lipinski definition) is 0. The Kier molecular flexibility index (Phi) is 5.31. The van der Waals surface area contributed by atoms with E-state index in [4.69, 9.17) is 0 Å². The Labute approximate surface area is 147 Å². The summed E-state index contributed by atoms with van der Waals surface area (Å²) in [5, 5.41) is 3.67. The molecule has 26 heavy (non-hydrogen) atoms. The number of halogens is 3. The summed E-state index contributed by atoms with van der Waals surface area (Å²) < 4.78 is 69.2. The molecule has 11 heteroatoms. The summed E-state index contributed by atoms with van der Waals surface area (Å²) in [5.41, 5.74) is -3.37. The molecule has 2 aromatic rings. The number of carbonyl (C=O) groups excluding carboxylic acids is 1. The maximum Gasteiger partial charge on any atom is 0.534 e. The second-order valence-corrected chi connectivity index (χ2v) is 6.91. The quantitative estimate of drug-likeness (QED) is 0.442. The largest absolute Gasteiger partial charge is 0.534 e. The first-order valence-corrected chi connectivity index (χ1v) is 8.59. The van der Waals surface area contributed by atoms with Gasteiger partial charge in [0.05, 0.1) is 13.7 Å². The molecule has 0 bridgehead atoms. The number of hydrogen-bond acceptors (Lipinski definition) is 6. The fraction of sp³-hybridized carbons (Fsp3) is 0.333. The van der Waals surface area contributed by atoms with Gasteiger partial charge in [-0.05, 0) is 30.5 Å². The third-order valence-corrected chi connectivity index (χ3v) is 4.54. The summed E-state index contributed by atoms with van der Waals surface area (Å²) in [6, 6.07) is 6.23. The highest BCUT2D eigenvalue weighted by Crippen LogP contribution is 2.27. The summed E-state index contributed by atoms with van der Waals surface area (Å²) in [6.07, 6.45) is 0. The van der Waals surface area contributed by atoms with Crippen molar-refractivity contribution in [3.63, 3.8) is 0 Å². The van der Waals surface area contributed by atoms with E-state index in [1.54, 1.807) is 0 Å². The topological polar surface area (TPSA) is 87.5 Å². The van der Waals surface area contributed by atoms with Gasteiger partial charge in [0.1, 0.15) is 0 Å². The van der Waals surface area contributed by atoms with E-state index in [9.17, 15) is 26.4 Å². The first-order chi connectivity index (χ1) is 12.0. The molecule has 1 aromatic heterocycles. The molecule has 0 spiro atoms. The van der Waals surface area contributed by atoms with Crippen molar-refractivity contribution in [1.82, 2.24) is 9.78 Å². The number of ether oxygens (including phenoxy) is 1. The van der Waals surface area contributed by atoms with Gasteiger partial charge in [0.25, 0.3) is 5.88 Å². The maximum absolute atomic E-state index is 12.5. The van der Waals surface area contributed by atoms with E-state index in [0.29, 0.717) is 0 Å². The molecule has 0 saturated carbocycles. The van der Waals surface area contributed by atoms with Crippen LogP contribution < -0.4 is 4.18 Å². The molecule has 1 aromatic carbocycles. The molecular weight excluding hydrogens is 377 g/mol. The lowest BCUT2D eigenvalue weighted by molar-refractivity contribution is -0.0501. The molecule has 0 aliphatic rings. The summed E-state index contributed by atoms with van der Waals surface area (Å²) in [7, 11) is -4.83. The van der Waals surface area contributed by atoms with Crippen molar-refractivity contribution in [2.45, 2.75) is 25.9 Å². The van der Waals surface area contributed by atoms with Gasteiger partial charge in [-0.1, -0.05) is 18.2 Å². The lowest BCUT2D eigenvalue weighted by Crippen LogP contribution is -2.28. The lowest BCUT2D eigenvalue weighted by Gasteiger charge is -2.11. The Morgan fingerprint density at radius 2 is 1.81 bits per heavy atom. The van der Waals surface area contributed by atoms with Crippen LogP contribution >= 0.6 is 0 Å². The Bertz CT molecular complexity index is 915. The van der Waals surface area contributed by atoms with Gasteiger partial charge in [0.15, 0.2) is 5.69 Å². The van der Waals surface area contributed by atoms with Crippen molar-refractivity contribution in [1.29, 1.82) is 0 Å². The number of nitrogens with zero attached hydrogens (tertiary/aromatic N) is 2. The van der Waals surface area contributed by atoms with Crippen LogP contribution in [0.5, 0.6) is 5.88 Å². The lowest BCUT2D eigenvalue weighted by atomic mass is 10.0. The van der Waals surface area contributed by atoms with E-state index >= 15 is 0 Å². The SMILES string of the molecule is COC(=O)c1cc(OS(=O)(=O)C(F)(F)F)nn1Cc1c(C)cccc1C. The summed E-state index contributed by atoms with van der Waals surface area (Å²) in [6.45, 7) is 3.64. The number of esters is 1. The van der Waals surface area contributed by atoms with E-state index in [2.05, 4.69) is 14.0 Å². The monoisotopic (exact) mass is 392 g/mol. The summed E-state index contributed by atoms with van der Waals surface area (Å²) in [4.78, 5) is 11.9. The number of aryl methyl sites for hydroxylation is 2. The fourth-order valence-corrected chi connectivity index (χ4v) is 2.63. The molecule has 0 radical (unpaired) electrons. The normalized spacial score (nSPS) is 12.1. The van der Waals surface area contributed by atoms with E-state index in [0.717, 1.165) is 34.5 Å². The zero-order valence-corrected chi connectivity index (χ0v) is 14.8. The van der Waals surface area contributed by atoms with Crippen molar-refractivity contribution in [2.75, 3.05) is 7.11 Å². The van der Waals surface area contributed by atoms with Crippen LogP contribution in [0.15, 0.2) is 24.3 Å². The summed E-state index contributed by atoms with van der Waals surface area (Å²) in [5.74, 6) is -1.78. The Balaban J connectivity index is 2.46. The zero-order chi connectivity index (χ0) is 19.7. The predicted molar refractivity (Wildman–Crippen MR) is 84.2 cm³/mol. The van der Waals surface area contributed by atoms with Crippen LogP contribution in [0, 0.1) is 13.8 Å². The smallest absolute Gasteiger partial charge is 0.464 e. The second kappa shape index (κ2) is 6.98. The van der Waals surface area contributed by atoms with Crippen LogP contribution in [-0.2, 0) is 21.4 Å². The van der Waals surface area contributed by atoms with Crippen LogP contribution in [0.2, 0.25) is 0 Å². The van der Waals surface area contributed by atoms with Crippen LogP contribution in [0.4, 0.5) is 13.2 Å². The van der Waals surface area contributed by atoms with Crippen LogP contribution in [0.1, 0.15) is 27.2 Å². The van der Waals surface area contributed by atoms with Crippen molar-refractivity contribution in [3.05, 3.63) is 46.6 Å². The third-order valence-electron chi connectivity index (χ3n) is 3.58. The molecule has 0 N–H and O–H groups in total. The molecule has 7 nitrogen and oxygen atoms in total. The maximum atomic E-state index is 12.5. The minimum Gasteiger partial charge on any atom is -0.464 e. The highest BCUT2D eigenvalue weighted by molar-refractivity contribution is 7.87. The van der Waals surface area contributed by atoms with Crippen molar-refractivity contribution < 1.29 is 35.3 Å². The molecule has 0 fully saturated rings. The van der Waals surface area contributed by atoms with Gasteiger partial charge in [-0.2, -0.15) is 21.6 Å². The van der Waals surface area contributed by atoms with Gasteiger partial charge < -0.3 is 8.92 Å². The number of carbonyl (C=O) groups is 1. The standard InChI is InChI=1S/C15H15F3N2O5S/c1-9-5-4-6-10(2)11(9)8-20-12(14(21)24-3)7-13(19-20)25-26(22,23)15(16,17)18/h4-7H,8H2,1-3H3. The first kappa shape index (κ1) is 19.8. The number of benzene rings is 1. The van der Waals surface area contributed by atoms with Crippen molar-refractivity contribution in [3.8, 4) is 5.88 Å². The highest BCUT2D eigenvalue weighted by Gasteiger charge is 2.49. The average Bonchev–Trinajstić information content (AvgIpc) is 2.91. The molecule has 142 valence electrons. The van der Waals surface area contributed by atoms with Gasteiger partial charge in [-0.25, -0.2) is 9.48 Å². The average molecular weight is 392 g/mol. The molecule has 0 atom stereocenters. The minimum absolute atomic E-state index is 0.0123. The van der Waals surface area contributed by atoms with Crippen LogP contribution in [-0.4, -0.2) is 36.8 Å². The Morgan fingerprint density at radius 1 is 1.23 bits per heavy atom. The number of rotatable bonds is 5. The third kappa shape index (κ3) is 3.98.